The van der Waals surface area contributed by atoms with Gasteiger partial charge in [0.25, 0.3) is 5.91 Å². The number of benzene rings is 2. The predicted molar refractivity (Wildman–Crippen MR) is 95.9 cm³/mol. The number of amides is 1. The topological polar surface area (TPSA) is 81.6 Å². The van der Waals surface area contributed by atoms with Gasteiger partial charge in [0.15, 0.2) is 0 Å². The lowest BCUT2D eigenvalue weighted by molar-refractivity contribution is 0.0938. The molecular weight excluding hydrogens is 355 g/mol. The van der Waals surface area contributed by atoms with Gasteiger partial charge in [-0.05, 0) is 29.8 Å². The molecule has 1 heterocycles. The van der Waals surface area contributed by atoms with Crippen LogP contribution in [0.15, 0.2) is 54.7 Å². The summed E-state index contributed by atoms with van der Waals surface area (Å²) in [7, 11) is 0. The largest absolute Gasteiger partial charge is 0.344 e. The first kappa shape index (κ1) is 17.6. The minimum Gasteiger partial charge on any atom is -0.344 e. The third-order valence-electron chi connectivity index (χ3n) is 3.88. The zero-order chi connectivity index (χ0) is 18.5. The van der Waals surface area contributed by atoms with E-state index >= 15 is 0 Å². The summed E-state index contributed by atoms with van der Waals surface area (Å²) in [4.78, 5) is 12.7. The van der Waals surface area contributed by atoms with Crippen LogP contribution in [0.4, 0.5) is 4.39 Å². The van der Waals surface area contributed by atoms with E-state index in [1.165, 1.54) is 12.3 Å². The monoisotopic (exact) mass is 368 g/mol. The molecule has 0 saturated carbocycles. The molecule has 26 heavy (non-hydrogen) atoms. The van der Waals surface area contributed by atoms with Crippen molar-refractivity contribution in [1.82, 2.24) is 15.5 Å². The van der Waals surface area contributed by atoms with Crippen molar-refractivity contribution in [3.8, 4) is 17.3 Å². The maximum absolute atomic E-state index is 14.1. The van der Waals surface area contributed by atoms with E-state index in [1.54, 1.807) is 42.5 Å². The Bertz CT molecular complexity index is 979. The van der Waals surface area contributed by atoms with Crippen LogP contribution in [-0.4, -0.2) is 16.1 Å². The van der Waals surface area contributed by atoms with E-state index in [0.29, 0.717) is 10.6 Å². The van der Waals surface area contributed by atoms with Gasteiger partial charge in [-0.1, -0.05) is 35.9 Å². The molecule has 1 aromatic heterocycles. The number of hydrogen-bond donors (Lipinski definition) is 2. The van der Waals surface area contributed by atoms with Crippen LogP contribution in [0.3, 0.4) is 0 Å². The van der Waals surface area contributed by atoms with Crippen LogP contribution in [0.1, 0.15) is 28.4 Å². The number of nitriles is 1. The number of H-pyrrole nitrogens is 1. The van der Waals surface area contributed by atoms with Gasteiger partial charge in [-0.15, -0.1) is 0 Å². The summed E-state index contributed by atoms with van der Waals surface area (Å²) in [5.41, 5.74) is 1.43. The van der Waals surface area contributed by atoms with E-state index in [9.17, 15) is 9.18 Å². The zero-order valence-electron chi connectivity index (χ0n) is 13.5. The summed E-state index contributed by atoms with van der Waals surface area (Å²) < 4.78 is 14.1. The van der Waals surface area contributed by atoms with Crippen molar-refractivity contribution in [3.05, 3.63) is 76.7 Å². The van der Waals surface area contributed by atoms with Gasteiger partial charge in [-0.25, -0.2) is 4.39 Å². The van der Waals surface area contributed by atoms with Gasteiger partial charge in [0.2, 0.25) is 0 Å². The van der Waals surface area contributed by atoms with E-state index in [0.717, 1.165) is 0 Å². The number of halogens is 2. The van der Waals surface area contributed by atoms with E-state index < -0.39 is 17.8 Å². The number of nitrogens with one attached hydrogen (secondary N) is 2. The molecule has 3 rings (SSSR count). The summed E-state index contributed by atoms with van der Waals surface area (Å²) in [5.74, 6) is -0.925. The fraction of sp³-hybridized carbons (Fsp3) is 0.105. The summed E-state index contributed by atoms with van der Waals surface area (Å²) in [6.07, 6.45) is 1.40. The highest BCUT2D eigenvalue weighted by molar-refractivity contribution is 6.30. The first-order chi connectivity index (χ1) is 12.6. The quantitative estimate of drug-likeness (QED) is 0.706. The molecule has 1 atom stereocenters. The van der Waals surface area contributed by atoms with Crippen LogP contribution in [0.25, 0.3) is 11.3 Å². The van der Waals surface area contributed by atoms with Crippen molar-refractivity contribution in [2.24, 2.45) is 0 Å². The number of rotatable bonds is 5. The van der Waals surface area contributed by atoms with Crippen LogP contribution in [-0.2, 0) is 0 Å². The Morgan fingerprint density at radius 3 is 2.85 bits per heavy atom. The highest BCUT2D eigenvalue weighted by Gasteiger charge is 2.21. The molecule has 0 unspecified atom stereocenters. The van der Waals surface area contributed by atoms with Crippen molar-refractivity contribution < 1.29 is 9.18 Å². The van der Waals surface area contributed by atoms with Gasteiger partial charge >= 0.3 is 0 Å². The maximum Gasteiger partial charge on any atom is 0.255 e. The van der Waals surface area contributed by atoms with Crippen LogP contribution >= 0.6 is 11.6 Å². The Morgan fingerprint density at radius 2 is 2.12 bits per heavy atom. The van der Waals surface area contributed by atoms with E-state index in [4.69, 9.17) is 16.9 Å². The number of hydrogen-bond acceptors (Lipinski definition) is 3. The van der Waals surface area contributed by atoms with Crippen LogP contribution < -0.4 is 5.32 Å². The first-order valence-corrected chi connectivity index (χ1v) is 8.19. The Morgan fingerprint density at radius 1 is 1.31 bits per heavy atom. The average Bonchev–Trinajstić information content (AvgIpc) is 3.11. The van der Waals surface area contributed by atoms with Gasteiger partial charge in [-0.3, -0.25) is 9.89 Å². The fourth-order valence-electron chi connectivity index (χ4n) is 2.63. The fourth-order valence-corrected chi connectivity index (χ4v) is 2.83. The summed E-state index contributed by atoms with van der Waals surface area (Å²) in [5, 5.41) is 18.9. The van der Waals surface area contributed by atoms with E-state index in [-0.39, 0.29) is 23.2 Å². The van der Waals surface area contributed by atoms with Crippen molar-refractivity contribution in [1.29, 1.82) is 5.26 Å². The molecule has 1 amide bonds. The molecule has 3 aromatic rings. The van der Waals surface area contributed by atoms with Gasteiger partial charge in [-0.2, -0.15) is 10.4 Å². The Labute approximate surface area is 154 Å². The van der Waals surface area contributed by atoms with Crippen LogP contribution in [0, 0.1) is 17.1 Å². The lowest BCUT2D eigenvalue weighted by Crippen LogP contribution is -2.28. The third-order valence-corrected chi connectivity index (χ3v) is 4.11. The third kappa shape index (κ3) is 3.73. The zero-order valence-corrected chi connectivity index (χ0v) is 14.3. The highest BCUT2D eigenvalue weighted by Crippen LogP contribution is 2.25. The van der Waals surface area contributed by atoms with Gasteiger partial charge in [0.05, 0.1) is 36.0 Å². The Kier molecular flexibility index (Phi) is 5.30. The van der Waals surface area contributed by atoms with Crippen LogP contribution in [0.2, 0.25) is 5.02 Å². The molecular formula is C19H14ClFN4O. The smallest absolute Gasteiger partial charge is 0.255 e. The van der Waals surface area contributed by atoms with Crippen LogP contribution in [0.5, 0.6) is 0 Å². The molecule has 0 spiro atoms. The van der Waals surface area contributed by atoms with Crippen molar-refractivity contribution >= 4 is 17.5 Å². The lowest BCUT2D eigenvalue weighted by atomic mass is 10.0. The van der Waals surface area contributed by atoms with Gasteiger partial charge in [0.1, 0.15) is 5.82 Å². The average molecular weight is 369 g/mol. The number of carbonyl (C=O) groups excluding carboxylic acids is 1. The molecule has 0 saturated heterocycles. The molecule has 7 heteroatoms. The van der Waals surface area contributed by atoms with Gasteiger partial charge < -0.3 is 5.32 Å². The molecule has 130 valence electrons. The minimum atomic E-state index is -0.547. The molecule has 0 fully saturated rings. The molecule has 0 bridgehead atoms. The molecule has 2 N–H and O–H groups in total. The molecule has 0 radical (unpaired) electrons. The molecule has 2 aromatic carbocycles. The number of carbonyl (C=O) groups is 1. The number of aromatic amines is 1. The summed E-state index contributed by atoms with van der Waals surface area (Å²) in [6, 6.07) is 14.5. The minimum absolute atomic E-state index is 0.0684. The molecule has 0 aliphatic carbocycles. The first-order valence-electron chi connectivity index (χ1n) is 7.81. The molecule has 0 aliphatic heterocycles. The number of aromatic nitrogens is 2. The highest BCUT2D eigenvalue weighted by atomic mass is 35.5. The van der Waals surface area contributed by atoms with Crippen molar-refractivity contribution in [2.45, 2.75) is 12.5 Å². The van der Waals surface area contributed by atoms with E-state index in [1.807, 2.05) is 0 Å². The lowest BCUT2D eigenvalue weighted by Gasteiger charge is -2.16. The molecule has 0 aliphatic rings. The Balaban J connectivity index is 1.89. The second-order valence-electron chi connectivity index (χ2n) is 5.58. The predicted octanol–water partition coefficient (Wildman–Crippen LogP) is 4.25. The summed E-state index contributed by atoms with van der Waals surface area (Å²) >= 11 is 6.00. The molecule has 5 nitrogen and oxygen atoms in total. The second kappa shape index (κ2) is 7.81. The SMILES string of the molecule is N#CC[C@H](NC(=O)c1cn[nH]c1-c1ccccc1F)c1cccc(Cl)c1. The van der Waals surface area contributed by atoms with Gasteiger partial charge in [0, 0.05) is 10.6 Å². The number of nitrogens with zero attached hydrogens (tertiary/aromatic N) is 2. The second-order valence-corrected chi connectivity index (χ2v) is 6.02. The normalized spacial score (nSPS) is 11.6. The maximum atomic E-state index is 14.1. The van der Waals surface area contributed by atoms with Crippen molar-refractivity contribution in [2.75, 3.05) is 0 Å². The van der Waals surface area contributed by atoms with Crippen molar-refractivity contribution in [3.63, 3.8) is 0 Å². The van der Waals surface area contributed by atoms with E-state index in [2.05, 4.69) is 21.6 Å². The Hall–Kier alpha value is -3.17. The standard InChI is InChI=1S/C19H14ClFN4O/c20-13-5-3-4-12(10-13)17(8-9-22)24-19(26)15-11-23-25-18(15)14-6-1-2-7-16(14)21/h1-7,10-11,17H,8H2,(H,23,25)(H,24,26)/t17-/m0/s1. The summed E-state index contributed by atoms with van der Waals surface area (Å²) in [6.45, 7) is 0.